The number of nitrogens with zero attached hydrogens (tertiary/aromatic N) is 3. The molecule has 0 spiro atoms. The Morgan fingerprint density at radius 2 is 1.65 bits per heavy atom. The van der Waals surface area contributed by atoms with Gasteiger partial charge >= 0.3 is 6.03 Å². The average molecular weight is 786 g/mol. The molecule has 3 amide bonds. The maximum atomic E-state index is 14.0. The molecule has 1 atom stereocenters. The van der Waals surface area contributed by atoms with E-state index in [1.54, 1.807) is 36.1 Å². The van der Waals surface area contributed by atoms with Crippen LogP contribution in [0, 0.1) is 6.92 Å². The fourth-order valence-electron chi connectivity index (χ4n) is 7.09. The average Bonchev–Trinajstić information content (AvgIpc) is 3.19. The topological polar surface area (TPSA) is 150 Å². The summed E-state index contributed by atoms with van der Waals surface area (Å²) in [7, 11) is -1.50. The number of aryl methyl sites for hydroxylation is 1. The minimum absolute atomic E-state index is 0.0505. The number of pyridine rings is 1. The van der Waals surface area contributed by atoms with E-state index < -0.39 is 27.6 Å². The van der Waals surface area contributed by atoms with E-state index in [2.05, 4.69) is 15.6 Å². The van der Waals surface area contributed by atoms with Crippen LogP contribution in [0.1, 0.15) is 41.4 Å². The molecule has 2 heterocycles. The summed E-state index contributed by atoms with van der Waals surface area (Å²) in [6, 6.07) is 26.4. The van der Waals surface area contributed by atoms with Crippen LogP contribution >= 0.6 is 11.6 Å². The molecule has 1 unspecified atom stereocenters. The van der Waals surface area contributed by atoms with Gasteiger partial charge in [0.2, 0.25) is 0 Å². The van der Waals surface area contributed by atoms with Crippen LogP contribution in [0.2, 0.25) is 5.02 Å². The van der Waals surface area contributed by atoms with E-state index in [9.17, 15) is 23.1 Å². The molecule has 0 saturated carbocycles. The van der Waals surface area contributed by atoms with Crippen LogP contribution in [0.15, 0.2) is 102 Å². The monoisotopic (exact) mass is 785 g/mol. The Morgan fingerprint density at radius 1 is 0.945 bits per heavy atom. The Balaban J connectivity index is 1.21. The summed E-state index contributed by atoms with van der Waals surface area (Å²) in [5.41, 5.74) is 3.23. The predicted molar refractivity (Wildman–Crippen MR) is 214 cm³/mol. The third kappa shape index (κ3) is 8.34. The number of aromatic nitrogens is 1. The summed E-state index contributed by atoms with van der Waals surface area (Å²) >= 11 is 6.27. The molecule has 1 aromatic heterocycles. The van der Waals surface area contributed by atoms with Crippen LogP contribution in [-0.2, 0) is 15.4 Å². The summed E-state index contributed by atoms with van der Waals surface area (Å²) in [6.45, 7) is 4.31. The first-order valence-corrected chi connectivity index (χ1v) is 19.7. The van der Waals surface area contributed by atoms with Crippen LogP contribution in [0.25, 0.3) is 10.9 Å². The van der Waals surface area contributed by atoms with Crippen LogP contribution < -0.4 is 20.1 Å². The van der Waals surface area contributed by atoms with Gasteiger partial charge in [0.1, 0.15) is 11.5 Å². The van der Waals surface area contributed by atoms with E-state index >= 15 is 0 Å². The van der Waals surface area contributed by atoms with Crippen molar-refractivity contribution in [2.45, 2.75) is 43.1 Å². The molecule has 0 aliphatic carbocycles. The molecule has 14 heteroatoms. The molecule has 1 aliphatic rings. The van der Waals surface area contributed by atoms with Gasteiger partial charge in [-0.15, -0.1) is 0 Å². The molecule has 1 fully saturated rings. The normalized spacial score (nSPS) is 14.5. The van der Waals surface area contributed by atoms with Gasteiger partial charge in [0.05, 0.1) is 43.0 Å². The molecular formula is C41H44ClN5O7S. The van der Waals surface area contributed by atoms with E-state index in [1.165, 1.54) is 50.6 Å². The number of carbonyl (C=O) groups excluding carboxylic acids is 2. The number of nitrogens with one attached hydrogen (secondary N) is 2. The number of piperidine rings is 1. The zero-order chi connectivity index (χ0) is 39.3. The molecule has 1 saturated heterocycles. The molecule has 0 bridgehead atoms. The number of aliphatic hydroxyl groups excluding tert-OH is 1. The standard InChI is InChI=1S/C41H44ClN5O7S/c1-27-24-37(34-26-31(42)11-17-35(34)44-27)43-20-23-47(55(51,52)33-14-12-32(53-3)13-15-33)40(50)45-36-16-10-29(25-38(36)54-4)39(49)46-21-18-41(19-22-46,28(2)48)30-8-6-5-7-9-30/h5-17,24-26,28,48H,18-23H2,1-4H3,(H,43,44)(H,45,50). The second-order valence-electron chi connectivity index (χ2n) is 13.5. The number of halogens is 1. The number of hydrogen-bond acceptors (Lipinski definition) is 9. The van der Waals surface area contributed by atoms with Gasteiger partial charge in [0.25, 0.3) is 15.9 Å². The lowest BCUT2D eigenvalue weighted by atomic mass is 9.69. The lowest BCUT2D eigenvalue weighted by molar-refractivity contribution is 0.0353. The second-order valence-corrected chi connectivity index (χ2v) is 15.8. The molecule has 1 aliphatic heterocycles. The van der Waals surface area contributed by atoms with Crippen molar-refractivity contribution in [2.75, 3.05) is 51.0 Å². The van der Waals surface area contributed by atoms with Crippen molar-refractivity contribution < 1.29 is 32.6 Å². The van der Waals surface area contributed by atoms with Crippen molar-refractivity contribution in [2.24, 2.45) is 0 Å². The van der Waals surface area contributed by atoms with Crippen LogP contribution in [0.5, 0.6) is 11.5 Å². The predicted octanol–water partition coefficient (Wildman–Crippen LogP) is 7.10. The van der Waals surface area contributed by atoms with E-state index in [0.717, 1.165) is 20.9 Å². The number of methoxy groups -OCH3 is 2. The number of likely N-dealkylation sites (tertiary alicyclic amines) is 1. The van der Waals surface area contributed by atoms with E-state index in [4.69, 9.17) is 21.1 Å². The quantitative estimate of drug-likeness (QED) is 0.120. The molecule has 0 radical (unpaired) electrons. The molecule has 3 N–H and O–H groups in total. The van der Waals surface area contributed by atoms with E-state index in [1.807, 2.05) is 43.3 Å². The lowest BCUT2D eigenvalue weighted by Gasteiger charge is -2.44. The number of urea groups is 1. The Hall–Kier alpha value is -5.37. The summed E-state index contributed by atoms with van der Waals surface area (Å²) in [4.78, 5) is 33.9. The fraction of sp³-hybridized carbons (Fsp3) is 0.293. The number of rotatable bonds is 12. The molecule has 4 aromatic carbocycles. The third-order valence-electron chi connectivity index (χ3n) is 10.2. The zero-order valence-corrected chi connectivity index (χ0v) is 32.7. The Morgan fingerprint density at radius 3 is 2.31 bits per heavy atom. The SMILES string of the molecule is COc1ccc(S(=O)(=O)N(CCNc2cc(C)nc3ccc(Cl)cc23)C(=O)Nc2ccc(C(=O)N3CCC(c4ccccc4)(C(C)O)CC3)cc2OC)cc1. The Bertz CT molecular complexity index is 2280. The number of amides is 3. The number of benzene rings is 4. The highest BCUT2D eigenvalue weighted by Crippen LogP contribution is 2.39. The van der Waals surface area contributed by atoms with Crippen LogP contribution in [0.4, 0.5) is 16.2 Å². The second kappa shape index (κ2) is 16.6. The van der Waals surface area contributed by atoms with Gasteiger partial charge in [0, 0.05) is 52.4 Å². The largest absolute Gasteiger partial charge is 0.497 e. The van der Waals surface area contributed by atoms with Crippen molar-refractivity contribution >= 4 is 55.8 Å². The van der Waals surface area contributed by atoms with Crippen molar-refractivity contribution in [3.05, 3.63) is 119 Å². The minimum Gasteiger partial charge on any atom is -0.497 e. The molecule has 55 heavy (non-hydrogen) atoms. The molecule has 5 aromatic rings. The van der Waals surface area contributed by atoms with Crippen LogP contribution in [-0.4, -0.2) is 86.2 Å². The Kier molecular flexibility index (Phi) is 11.8. The zero-order valence-electron chi connectivity index (χ0n) is 31.1. The lowest BCUT2D eigenvalue weighted by Crippen LogP contribution is -2.50. The molecule has 6 rings (SSSR count). The maximum Gasteiger partial charge on any atom is 0.335 e. The third-order valence-corrected chi connectivity index (χ3v) is 12.2. The number of carbonyl (C=O) groups is 2. The van der Waals surface area contributed by atoms with Gasteiger partial charge in [-0.2, -0.15) is 0 Å². The van der Waals surface area contributed by atoms with Gasteiger partial charge in [-0.3, -0.25) is 9.78 Å². The van der Waals surface area contributed by atoms with Crippen molar-refractivity contribution in [1.29, 1.82) is 0 Å². The van der Waals surface area contributed by atoms with Crippen molar-refractivity contribution in [1.82, 2.24) is 14.2 Å². The van der Waals surface area contributed by atoms with Crippen molar-refractivity contribution in [3.8, 4) is 11.5 Å². The first-order chi connectivity index (χ1) is 26.4. The number of anilines is 2. The van der Waals surface area contributed by atoms with Crippen molar-refractivity contribution in [3.63, 3.8) is 0 Å². The van der Waals surface area contributed by atoms with Gasteiger partial charge in [-0.05, 0) is 99.0 Å². The molecule has 12 nitrogen and oxygen atoms in total. The smallest absolute Gasteiger partial charge is 0.335 e. The first-order valence-electron chi connectivity index (χ1n) is 17.9. The number of ether oxygens (including phenoxy) is 2. The maximum absolute atomic E-state index is 14.0. The fourth-order valence-corrected chi connectivity index (χ4v) is 8.59. The van der Waals surface area contributed by atoms with E-state index in [0.29, 0.717) is 53.5 Å². The molecule has 288 valence electrons. The van der Waals surface area contributed by atoms with Crippen LogP contribution in [0.3, 0.4) is 0 Å². The van der Waals surface area contributed by atoms with E-state index in [-0.39, 0.29) is 35.3 Å². The summed E-state index contributed by atoms with van der Waals surface area (Å²) in [5, 5.41) is 18.0. The summed E-state index contributed by atoms with van der Waals surface area (Å²) < 4.78 is 39.6. The van der Waals surface area contributed by atoms with Gasteiger partial charge in [-0.1, -0.05) is 41.9 Å². The highest BCUT2D eigenvalue weighted by atomic mass is 35.5. The highest BCUT2D eigenvalue weighted by molar-refractivity contribution is 7.89. The minimum atomic E-state index is -4.38. The summed E-state index contributed by atoms with van der Waals surface area (Å²) in [6.07, 6.45) is 0.575. The van der Waals surface area contributed by atoms with Gasteiger partial charge < -0.3 is 30.1 Å². The number of hydrogen-bond donors (Lipinski definition) is 3. The molecular weight excluding hydrogens is 742 g/mol. The summed E-state index contributed by atoms with van der Waals surface area (Å²) in [5.74, 6) is 0.408. The number of sulfonamides is 1. The Labute approximate surface area is 326 Å². The highest BCUT2D eigenvalue weighted by Gasteiger charge is 2.41. The van der Waals surface area contributed by atoms with Gasteiger partial charge in [-0.25, -0.2) is 17.5 Å². The van der Waals surface area contributed by atoms with Gasteiger partial charge in [0.15, 0.2) is 0 Å². The first kappa shape index (κ1) is 39.3. The number of aliphatic hydroxyl groups is 1. The number of fused-ring (bicyclic) bond motifs is 1.